The summed E-state index contributed by atoms with van der Waals surface area (Å²) in [5, 5.41) is 3.05. The summed E-state index contributed by atoms with van der Waals surface area (Å²) in [6.45, 7) is 8.37. The van der Waals surface area contributed by atoms with Crippen molar-refractivity contribution in [2.24, 2.45) is 5.92 Å². The van der Waals surface area contributed by atoms with Crippen LogP contribution in [0.25, 0.3) is 11.0 Å². The summed E-state index contributed by atoms with van der Waals surface area (Å²) in [7, 11) is 0. The molecule has 1 aliphatic rings. The Balaban J connectivity index is 1.89. The van der Waals surface area contributed by atoms with Crippen molar-refractivity contribution >= 4 is 22.6 Å². The summed E-state index contributed by atoms with van der Waals surface area (Å²) in [4.78, 5) is 45.4. The number of pyridine rings is 1. The SMILES string of the molecule is Cc1ccc(NC(=O)c2cc(C3CC3)nc3c2c(=O)[nH]c(=O)n3CC(C)C)cc1C. The van der Waals surface area contributed by atoms with E-state index in [1.165, 1.54) is 4.57 Å². The molecule has 0 spiro atoms. The summed E-state index contributed by atoms with van der Waals surface area (Å²) in [5.74, 6) is 0.0632. The van der Waals surface area contributed by atoms with Crippen LogP contribution < -0.4 is 16.6 Å². The first-order valence-electron chi connectivity index (χ1n) is 10.3. The largest absolute Gasteiger partial charge is 0.330 e. The lowest BCUT2D eigenvalue weighted by atomic mass is 10.1. The Morgan fingerprint density at radius 3 is 2.57 bits per heavy atom. The lowest BCUT2D eigenvalue weighted by Gasteiger charge is -2.15. The molecule has 7 nitrogen and oxygen atoms in total. The molecule has 30 heavy (non-hydrogen) atoms. The monoisotopic (exact) mass is 406 g/mol. The predicted octanol–water partition coefficient (Wildman–Crippen LogP) is 3.49. The molecular formula is C23H26N4O3. The number of rotatable bonds is 5. The standard InChI is InChI=1S/C23H26N4O3/c1-12(2)11-27-20-19(22(29)26-23(27)30)17(10-18(25-20)15-6-7-15)21(28)24-16-8-5-13(3)14(4)9-16/h5,8-10,12,15H,6-7,11H2,1-4H3,(H,24,28)(H,26,29,30). The van der Waals surface area contributed by atoms with E-state index in [9.17, 15) is 14.4 Å². The van der Waals surface area contributed by atoms with Gasteiger partial charge in [0.1, 0.15) is 0 Å². The van der Waals surface area contributed by atoms with E-state index < -0.39 is 11.2 Å². The average molecular weight is 406 g/mol. The molecule has 2 aromatic heterocycles. The van der Waals surface area contributed by atoms with Crippen molar-refractivity contribution < 1.29 is 4.79 Å². The number of hydrogen-bond acceptors (Lipinski definition) is 4. The van der Waals surface area contributed by atoms with Crippen molar-refractivity contribution in [1.82, 2.24) is 14.5 Å². The van der Waals surface area contributed by atoms with Crippen molar-refractivity contribution in [1.29, 1.82) is 0 Å². The van der Waals surface area contributed by atoms with Crippen LogP contribution in [0.4, 0.5) is 5.69 Å². The first-order chi connectivity index (χ1) is 14.2. The molecule has 7 heteroatoms. The van der Waals surface area contributed by atoms with Crippen LogP contribution in [-0.2, 0) is 6.54 Å². The number of nitrogens with one attached hydrogen (secondary N) is 2. The number of anilines is 1. The Labute approximate surface area is 174 Å². The fourth-order valence-corrected chi connectivity index (χ4v) is 3.61. The maximum absolute atomic E-state index is 13.2. The first kappa shape index (κ1) is 20.1. The minimum absolute atomic E-state index is 0.154. The van der Waals surface area contributed by atoms with E-state index in [-0.39, 0.29) is 34.3 Å². The number of carbonyl (C=O) groups excluding carboxylic acids is 1. The number of benzene rings is 1. The molecule has 1 aliphatic carbocycles. The molecule has 1 fully saturated rings. The van der Waals surface area contributed by atoms with Gasteiger partial charge in [-0.25, -0.2) is 9.78 Å². The highest BCUT2D eigenvalue weighted by atomic mass is 16.2. The van der Waals surface area contributed by atoms with E-state index in [1.54, 1.807) is 6.07 Å². The summed E-state index contributed by atoms with van der Waals surface area (Å²) in [6, 6.07) is 7.38. The van der Waals surface area contributed by atoms with Crippen LogP contribution in [0.2, 0.25) is 0 Å². The fourth-order valence-electron chi connectivity index (χ4n) is 3.61. The molecule has 1 amide bonds. The zero-order chi connectivity index (χ0) is 21.6. The minimum atomic E-state index is -0.588. The Morgan fingerprint density at radius 1 is 1.20 bits per heavy atom. The summed E-state index contributed by atoms with van der Waals surface area (Å²) in [6.07, 6.45) is 1.99. The third-order valence-electron chi connectivity index (χ3n) is 5.52. The molecular weight excluding hydrogens is 380 g/mol. The molecule has 0 atom stereocenters. The number of amides is 1. The van der Waals surface area contributed by atoms with Crippen molar-refractivity contribution in [3.05, 3.63) is 67.5 Å². The number of aromatic amines is 1. The van der Waals surface area contributed by atoms with Crippen LogP contribution in [0.1, 0.15) is 59.8 Å². The minimum Gasteiger partial charge on any atom is -0.322 e. The second-order valence-corrected chi connectivity index (χ2v) is 8.58. The second kappa shape index (κ2) is 7.55. The molecule has 1 saturated carbocycles. The van der Waals surface area contributed by atoms with Gasteiger partial charge >= 0.3 is 5.69 Å². The van der Waals surface area contributed by atoms with E-state index in [0.29, 0.717) is 12.2 Å². The second-order valence-electron chi connectivity index (χ2n) is 8.58. The molecule has 0 unspecified atom stereocenters. The van der Waals surface area contributed by atoms with Crippen molar-refractivity contribution in [2.75, 3.05) is 5.32 Å². The van der Waals surface area contributed by atoms with Gasteiger partial charge in [-0.05, 0) is 61.9 Å². The summed E-state index contributed by atoms with van der Waals surface area (Å²) >= 11 is 0. The molecule has 0 saturated heterocycles. The van der Waals surface area contributed by atoms with Crippen LogP contribution in [0.3, 0.4) is 0 Å². The number of aryl methyl sites for hydroxylation is 2. The van der Waals surface area contributed by atoms with E-state index in [0.717, 1.165) is 29.7 Å². The van der Waals surface area contributed by atoms with Gasteiger partial charge in [0.25, 0.3) is 11.5 Å². The highest BCUT2D eigenvalue weighted by Gasteiger charge is 2.29. The molecule has 4 rings (SSSR count). The number of carbonyl (C=O) groups is 1. The van der Waals surface area contributed by atoms with Crippen LogP contribution in [0.5, 0.6) is 0 Å². The van der Waals surface area contributed by atoms with Gasteiger partial charge in [-0.2, -0.15) is 0 Å². The van der Waals surface area contributed by atoms with Crippen molar-refractivity contribution in [2.45, 2.75) is 53.0 Å². The zero-order valence-electron chi connectivity index (χ0n) is 17.7. The van der Waals surface area contributed by atoms with E-state index in [4.69, 9.17) is 0 Å². The Morgan fingerprint density at radius 2 is 1.93 bits per heavy atom. The maximum Gasteiger partial charge on any atom is 0.330 e. The normalized spacial score (nSPS) is 13.8. The quantitative estimate of drug-likeness (QED) is 0.678. The lowest BCUT2D eigenvalue weighted by molar-refractivity contribution is 0.102. The van der Waals surface area contributed by atoms with Crippen LogP contribution in [0.15, 0.2) is 33.9 Å². The van der Waals surface area contributed by atoms with Gasteiger partial charge in [0.05, 0.1) is 10.9 Å². The van der Waals surface area contributed by atoms with E-state index >= 15 is 0 Å². The van der Waals surface area contributed by atoms with Crippen LogP contribution in [-0.4, -0.2) is 20.4 Å². The first-order valence-corrected chi connectivity index (χ1v) is 10.3. The summed E-state index contributed by atoms with van der Waals surface area (Å²) in [5.41, 5.74) is 3.06. The van der Waals surface area contributed by atoms with Gasteiger partial charge in [0.2, 0.25) is 0 Å². The zero-order valence-corrected chi connectivity index (χ0v) is 17.7. The molecule has 2 N–H and O–H groups in total. The summed E-state index contributed by atoms with van der Waals surface area (Å²) < 4.78 is 1.47. The van der Waals surface area contributed by atoms with Crippen molar-refractivity contribution in [3.63, 3.8) is 0 Å². The molecule has 1 aromatic carbocycles. The molecule has 0 radical (unpaired) electrons. The van der Waals surface area contributed by atoms with Gasteiger partial charge < -0.3 is 5.32 Å². The van der Waals surface area contributed by atoms with Gasteiger partial charge in [-0.15, -0.1) is 0 Å². The van der Waals surface area contributed by atoms with Gasteiger partial charge in [-0.3, -0.25) is 19.1 Å². The van der Waals surface area contributed by atoms with E-state index in [1.807, 2.05) is 45.9 Å². The lowest BCUT2D eigenvalue weighted by Crippen LogP contribution is -2.33. The number of H-pyrrole nitrogens is 1. The third kappa shape index (κ3) is 3.79. The van der Waals surface area contributed by atoms with Gasteiger partial charge in [0.15, 0.2) is 5.65 Å². The van der Waals surface area contributed by atoms with Gasteiger partial charge in [-0.1, -0.05) is 19.9 Å². The van der Waals surface area contributed by atoms with Crippen LogP contribution >= 0.6 is 0 Å². The number of fused-ring (bicyclic) bond motifs is 1. The smallest absolute Gasteiger partial charge is 0.322 e. The molecule has 2 heterocycles. The molecule has 0 bridgehead atoms. The third-order valence-corrected chi connectivity index (χ3v) is 5.52. The van der Waals surface area contributed by atoms with Crippen molar-refractivity contribution in [3.8, 4) is 0 Å². The highest BCUT2D eigenvalue weighted by molar-refractivity contribution is 6.11. The number of aromatic nitrogens is 3. The highest BCUT2D eigenvalue weighted by Crippen LogP contribution is 2.40. The molecule has 3 aromatic rings. The Hall–Kier alpha value is -3.22. The molecule has 0 aliphatic heterocycles. The van der Waals surface area contributed by atoms with Gasteiger partial charge in [0, 0.05) is 23.8 Å². The predicted molar refractivity (Wildman–Crippen MR) is 117 cm³/mol. The Kier molecular flexibility index (Phi) is 5.05. The fraction of sp³-hybridized carbons (Fsp3) is 0.391. The van der Waals surface area contributed by atoms with E-state index in [2.05, 4.69) is 15.3 Å². The average Bonchev–Trinajstić information content (AvgIpc) is 3.52. The maximum atomic E-state index is 13.2. The Bertz CT molecular complexity index is 1270. The number of hydrogen-bond donors (Lipinski definition) is 2. The van der Waals surface area contributed by atoms with Crippen LogP contribution in [0, 0.1) is 19.8 Å². The topological polar surface area (TPSA) is 96.8 Å². The molecule has 156 valence electrons. The number of nitrogens with zero attached hydrogens (tertiary/aromatic N) is 2.